The van der Waals surface area contributed by atoms with Crippen molar-refractivity contribution >= 4 is 29.1 Å². The third kappa shape index (κ3) is 2.79. The molecule has 0 aliphatic carbocycles. The van der Waals surface area contributed by atoms with Crippen LogP contribution in [0, 0.1) is 5.92 Å². The van der Waals surface area contributed by atoms with E-state index in [1.54, 1.807) is 12.1 Å². The number of rotatable bonds is 3. The number of carbonyl (C=O) groups excluding carboxylic acids is 1. The minimum Gasteiger partial charge on any atom is -0.347 e. The fourth-order valence-electron chi connectivity index (χ4n) is 1.84. The molecule has 1 amide bonds. The number of hydrogen-bond acceptors (Lipinski definition) is 2. The third-order valence-electron chi connectivity index (χ3n) is 3.23. The first-order chi connectivity index (χ1) is 8.40. The van der Waals surface area contributed by atoms with Crippen molar-refractivity contribution in [1.29, 1.82) is 0 Å². The maximum absolute atomic E-state index is 12.0. The first kappa shape index (κ1) is 13.7. The Hall–Kier alpha value is -0.770. The molecule has 98 valence electrons. The maximum atomic E-state index is 12.0. The second-order valence-corrected chi connectivity index (χ2v) is 5.91. The SMILES string of the molecule is CC(C)(NC(=O)C1CNC1)c1ccc(Cl)c(Cl)c1. The summed E-state index contributed by atoms with van der Waals surface area (Å²) in [5, 5.41) is 7.15. The molecular weight excluding hydrogens is 271 g/mol. The van der Waals surface area contributed by atoms with Gasteiger partial charge in [-0.05, 0) is 31.5 Å². The fraction of sp³-hybridized carbons (Fsp3) is 0.462. The predicted molar refractivity (Wildman–Crippen MR) is 74.0 cm³/mol. The summed E-state index contributed by atoms with van der Waals surface area (Å²) in [6, 6.07) is 5.43. The number of halogens is 2. The predicted octanol–water partition coefficient (Wildman–Crippen LogP) is 2.56. The van der Waals surface area contributed by atoms with E-state index in [-0.39, 0.29) is 11.8 Å². The van der Waals surface area contributed by atoms with E-state index < -0.39 is 5.54 Å². The van der Waals surface area contributed by atoms with Crippen LogP contribution in [-0.2, 0) is 10.3 Å². The highest BCUT2D eigenvalue weighted by atomic mass is 35.5. The Labute approximate surface area is 117 Å². The van der Waals surface area contributed by atoms with E-state index in [4.69, 9.17) is 23.2 Å². The topological polar surface area (TPSA) is 41.1 Å². The average Bonchev–Trinajstić information content (AvgIpc) is 2.18. The third-order valence-corrected chi connectivity index (χ3v) is 3.97. The Morgan fingerprint density at radius 1 is 1.33 bits per heavy atom. The van der Waals surface area contributed by atoms with Crippen molar-refractivity contribution in [1.82, 2.24) is 10.6 Å². The molecule has 0 radical (unpaired) electrons. The van der Waals surface area contributed by atoms with Crippen LogP contribution in [0.25, 0.3) is 0 Å². The Morgan fingerprint density at radius 3 is 2.50 bits per heavy atom. The molecule has 0 atom stereocenters. The molecule has 1 aliphatic heterocycles. The van der Waals surface area contributed by atoms with Crippen LogP contribution >= 0.6 is 23.2 Å². The Balaban J connectivity index is 2.13. The van der Waals surface area contributed by atoms with Crippen molar-refractivity contribution in [3.63, 3.8) is 0 Å². The highest BCUT2D eigenvalue weighted by Crippen LogP contribution is 2.28. The summed E-state index contributed by atoms with van der Waals surface area (Å²) in [6.45, 7) is 5.42. The molecule has 1 saturated heterocycles. The standard InChI is InChI=1S/C13H16Cl2N2O/c1-13(2,17-12(18)8-6-16-7-8)9-3-4-10(14)11(15)5-9/h3-5,8,16H,6-7H2,1-2H3,(H,17,18). The zero-order chi connectivity index (χ0) is 13.3. The van der Waals surface area contributed by atoms with Gasteiger partial charge in [-0.1, -0.05) is 29.3 Å². The molecule has 0 bridgehead atoms. The van der Waals surface area contributed by atoms with Gasteiger partial charge < -0.3 is 10.6 Å². The lowest BCUT2D eigenvalue weighted by Gasteiger charge is -2.33. The van der Waals surface area contributed by atoms with E-state index in [0.29, 0.717) is 10.0 Å². The molecule has 0 spiro atoms. The molecule has 5 heteroatoms. The smallest absolute Gasteiger partial charge is 0.226 e. The lowest BCUT2D eigenvalue weighted by molar-refractivity contribution is -0.128. The number of nitrogens with one attached hydrogen (secondary N) is 2. The molecule has 1 heterocycles. The van der Waals surface area contributed by atoms with Crippen molar-refractivity contribution in [2.45, 2.75) is 19.4 Å². The van der Waals surface area contributed by atoms with Gasteiger partial charge in [-0.15, -0.1) is 0 Å². The number of hydrogen-bond donors (Lipinski definition) is 2. The molecule has 1 aromatic rings. The Bertz CT molecular complexity index is 470. The molecule has 1 fully saturated rings. The van der Waals surface area contributed by atoms with Crippen LogP contribution in [0.1, 0.15) is 19.4 Å². The zero-order valence-corrected chi connectivity index (χ0v) is 11.9. The summed E-state index contributed by atoms with van der Waals surface area (Å²) < 4.78 is 0. The van der Waals surface area contributed by atoms with Crippen LogP contribution in [0.2, 0.25) is 10.0 Å². The second kappa shape index (κ2) is 5.08. The Kier molecular flexibility index (Phi) is 3.85. The quantitative estimate of drug-likeness (QED) is 0.897. The minimum absolute atomic E-state index is 0.0739. The van der Waals surface area contributed by atoms with Gasteiger partial charge >= 0.3 is 0 Å². The van der Waals surface area contributed by atoms with Gasteiger partial charge in [0.1, 0.15) is 0 Å². The number of carbonyl (C=O) groups is 1. The monoisotopic (exact) mass is 286 g/mol. The van der Waals surface area contributed by atoms with Crippen LogP contribution in [0.3, 0.4) is 0 Å². The van der Waals surface area contributed by atoms with Gasteiger partial charge in [0.15, 0.2) is 0 Å². The molecular formula is C13H16Cl2N2O. The number of amides is 1. The largest absolute Gasteiger partial charge is 0.347 e. The molecule has 0 unspecified atom stereocenters. The van der Waals surface area contributed by atoms with Crippen LogP contribution in [0.5, 0.6) is 0 Å². The van der Waals surface area contributed by atoms with E-state index in [9.17, 15) is 4.79 Å². The summed E-state index contributed by atoms with van der Waals surface area (Å²) in [5.41, 5.74) is 0.485. The molecule has 18 heavy (non-hydrogen) atoms. The summed E-state index contributed by atoms with van der Waals surface area (Å²) in [4.78, 5) is 12.0. The van der Waals surface area contributed by atoms with Gasteiger partial charge in [0.25, 0.3) is 0 Å². The van der Waals surface area contributed by atoms with Crippen molar-refractivity contribution in [3.05, 3.63) is 33.8 Å². The molecule has 1 aliphatic rings. The van der Waals surface area contributed by atoms with Gasteiger partial charge in [-0.25, -0.2) is 0 Å². The van der Waals surface area contributed by atoms with Gasteiger partial charge in [-0.3, -0.25) is 4.79 Å². The van der Waals surface area contributed by atoms with E-state index in [2.05, 4.69) is 10.6 Å². The van der Waals surface area contributed by atoms with Gasteiger partial charge in [-0.2, -0.15) is 0 Å². The highest BCUT2D eigenvalue weighted by molar-refractivity contribution is 6.42. The maximum Gasteiger partial charge on any atom is 0.226 e. The number of benzene rings is 1. The molecule has 2 N–H and O–H groups in total. The van der Waals surface area contributed by atoms with Crippen LogP contribution in [-0.4, -0.2) is 19.0 Å². The molecule has 2 rings (SSSR count). The van der Waals surface area contributed by atoms with E-state index in [0.717, 1.165) is 18.7 Å². The van der Waals surface area contributed by atoms with E-state index in [1.807, 2.05) is 19.9 Å². The molecule has 3 nitrogen and oxygen atoms in total. The van der Waals surface area contributed by atoms with Crippen LogP contribution < -0.4 is 10.6 Å². The summed E-state index contributed by atoms with van der Waals surface area (Å²) in [5.74, 6) is 0.150. The lowest BCUT2D eigenvalue weighted by Crippen LogP contribution is -2.54. The highest BCUT2D eigenvalue weighted by Gasteiger charge is 2.30. The molecule has 0 aromatic heterocycles. The van der Waals surface area contributed by atoms with Crippen LogP contribution in [0.4, 0.5) is 0 Å². The molecule has 1 aromatic carbocycles. The van der Waals surface area contributed by atoms with E-state index in [1.165, 1.54) is 0 Å². The van der Waals surface area contributed by atoms with Crippen molar-refractivity contribution in [3.8, 4) is 0 Å². The van der Waals surface area contributed by atoms with Crippen molar-refractivity contribution < 1.29 is 4.79 Å². The zero-order valence-electron chi connectivity index (χ0n) is 10.4. The summed E-state index contributed by atoms with van der Waals surface area (Å²) >= 11 is 11.9. The summed E-state index contributed by atoms with van der Waals surface area (Å²) in [6.07, 6.45) is 0. The second-order valence-electron chi connectivity index (χ2n) is 5.10. The fourth-order valence-corrected chi connectivity index (χ4v) is 2.14. The van der Waals surface area contributed by atoms with E-state index >= 15 is 0 Å². The normalized spacial score (nSPS) is 16.2. The Morgan fingerprint density at radius 2 is 2.00 bits per heavy atom. The first-order valence-corrected chi connectivity index (χ1v) is 6.64. The van der Waals surface area contributed by atoms with Gasteiger partial charge in [0.2, 0.25) is 5.91 Å². The lowest BCUT2D eigenvalue weighted by atomic mass is 9.92. The van der Waals surface area contributed by atoms with Crippen LogP contribution in [0.15, 0.2) is 18.2 Å². The van der Waals surface area contributed by atoms with Crippen molar-refractivity contribution in [2.75, 3.05) is 13.1 Å². The average molecular weight is 287 g/mol. The first-order valence-electron chi connectivity index (χ1n) is 5.88. The minimum atomic E-state index is -0.457. The molecule has 0 saturated carbocycles. The van der Waals surface area contributed by atoms with Gasteiger partial charge in [0, 0.05) is 13.1 Å². The van der Waals surface area contributed by atoms with Gasteiger partial charge in [0.05, 0.1) is 21.5 Å². The van der Waals surface area contributed by atoms with Crippen molar-refractivity contribution in [2.24, 2.45) is 5.92 Å². The summed E-state index contributed by atoms with van der Waals surface area (Å²) in [7, 11) is 0.